The van der Waals surface area contributed by atoms with Gasteiger partial charge in [0.1, 0.15) is 11.3 Å². The third-order valence-corrected chi connectivity index (χ3v) is 3.11. The highest BCUT2D eigenvalue weighted by Crippen LogP contribution is 2.26. The van der Waals surface area contributed by atoms with E-state index in [4.69, 9.17) is 10.5 Å². The molecule has 0 aromatic heterocycles. The van der Waals surface area contributed by atoms with E-state index in [0.29, 0.717) is 23.5 Å². The van der Waals surface area contributed by atoms with E-state index in [2.05, 4.69) is 6.08 Å². The van der Waals surface area contributed by atoms with Crippen LogP contribution in [0.15, 0.2) is 29.8 Å². The topological polar surface area (TPSA) is 55.6 Å². The molecule has 0 saturated heterocycles. The van der Waals surface area contributed by atoms with E-state index in [1.165, 1.54) is 5.57 Å². The molecule has 4 heteroatoms. The Kier molecular flexibility index (Phi) is 3.55. The number of rotatable bonds is 2. The molecule has 2 N–H and O–H groups in total. The van der Waals surface area contributed by atoms with Crippen LogP contribution in [0.3, 0.4) is 0 Å². The molecule has 1 aromatic rings. The zero-order valence-corrected chi connectivity index (χ0v) is 10.8. The largest absolute Gasteiger partial charge is 0.496 e. The van der Waals surface area contributed by atoms with Gasteiger partial charge in [0, 0.05) is 18.8 Å². The fourth-order valence-corrected chi connectivity index (χ4v) is 2.19. The normalized spacial score (nSPS) is 15.2. The van der Waals surface area contributed by atoms with Crippen molar-refractivity contribution in [1.29, 1.82) is 0 Å². The maximum Gasteiger partial charge on any atom is 0.260 e. The summed E-state index contributed by atoms with van der Waals surface area (Å²) in [6.07, 6.45) is 3.06. The van der Waals surface area contributed by atoms with Gasteiger partial charge in [-0.15, -0.1) is 0 Å². The number of nitrogens with zero attached hydrogens (tertiary/aromatic N) is 1. The van der Waals surface area contributed by atoms with Gasteiger partial charge < -0.3 is 15.4 Å². The molecule has 0 atom stereocenters. The van der Waals surface area contributed by atoms with Crippen LogP contribution < -0.4 is 10.5 Å². The van der Waals surface area contributed by atoms with Gasteiger partial charge in [0.2, 0.25) is 0 Å². The van der Waals surface area contributed by atoms with Crippen molar-refractivity contribution in [2.45, 2.75) is 13.3 Å². The molecule has 0 bridgehead atoms. The Hall–Kier alpha value is -1.97. The number of benzene rings is 1. The van der Waals surface area contributed by atoms with Gasteiger partial charge in [-0.05, 0) is 25.5 Å². The van der Waals surface area contributed by atoms with Gasteiger partial charge >= 0.3 is 0 Å². The predicted octanol–water partition coefficient (Wildman–Crippen LogP) is 2.07. The number of hydrogen-bond acceptors (Lipinski definition) is 3. The summed E-state index contributed by atoms with van der Waals surface area (Å²) >= 11 is 0. The molecular weight excluding hydrogens is 228 g/mol. The minimum Gasteiger partial charge on any atom is -0.496 e. The van der Waals surface area contributed by atoms with Gasteiger partial charge in [0.05, 0.1) is 7.11 Å². The van der Waals surface area contributed by atoms with Gasteiger partial charge in [-0.2, -0.15) is 0 Å². The first kappa shape index (κ1) is 12.5. The van der Waals surface area contributed by atoms with Crippen molar-refractivity contribution in [3.63, 3.8) is 0 Å². The third-order valence-electron chi connectivity index (χ3n) is 3.11. The van der Waals surface area contributed by atoms with E-state index < -0.39 is 0 Å². The van der Waals surface area contributed by atoms with Gasteiger partial charge in [-0.1, -0.05) is 17.7 Å². The molecule has 2 rings (SSSR count). The highest BCUT2D eigenvalue weighted by Gasteiger charge is 2.23. The first-order valence-corrected chi connectivity index (χ1v) is 6.01. The van der Waals surface area contributed by atoms with E-state index in [0.717, 1.165) is 13.0 Å². The van der Waals surface area contributed by atoms with Gasteiger partial charge in [0.25, 0.3) is 5.91 Å². The number of carbonyl (C=O) groups is 1. The SMILES string of the molecule is COc1cccc(N)c1C(=O)N1CCC=C(C)C1. The Balaban J connectivity index is 2.31. The van der Waals surface area contributed by atoms with Gasteiger partial charge in [-0.25, -0.2) is 0 Å². The molecule has 96 valence electrons. The van der Waals surface area contributed by atoms with Crippen molar-refractivity contribution in [3.8, 4) is 5.75 Å². The number of hydrogen-bond donors (Lipinski definition) is 1. The summed E-state index contributed by atoms with van der Waals surface area (Å²) < 4.78 is 5.22. The second-order valence-electron chi connectivity index (χ2n) is 4.49. The number of nitrogen functional groups attached to an aromatic ring is 1. The lowest BCUT2D eigenvalue weighted by atomic mass is 10.1. The summed E-state index contributed by atoms with van der Waals surface area (Å²) in [6, 6.07) is 5.27. The number of amides is 1. The standard InChI is InChI=1S/C14H18N2O2/c1-10-5-4-8-16(9-10)14(17)13-11(15)6-3-7-12(13)18-2/h3,5-7H,4,8-9,15H2,1-2H3. The van der Waals surface area contributed by atoms with Crippen molar-refractivity contribution < 1.29 is 9.53 Å². The minimum atomic E-state index is -0.0580. The summed E-state index contributed by atoms with van der Waals surface area (Å²) in [4.78, 5) is 14.3. The molecule has 0 radical (unpaired) electrons. The molecule has 4 nitrogen and oxygen atoms in total. The summed E-state index contributed by atoms with van der Waals surface area (Å²) in [7, 11) is 1.55. The molecule has 0 saturated carbocycles. The van der Waals surface area contributed by atoms with Crippen LogP contribution in [0, 0.1) is 0 Å². The molecule has 18 heavy (non-hydrogen) atoms. The fourth-order valence-electron chi connectivity index (χ4n) is 2.19. The van der Waals surface area contributed by atoms with Gasteiger partial charge in [0.15, 0.2) is 0 Å². The molecule has 0 unspecified atom stereocenters. The zero-order valence-electron chi connectivity index (χ0n) is 10.8. The van der Waals surface area contributed by atoms with Crippen LogP contribution in [0.4, 0.5) is 5.69 Å². The molecule has 1 heterocycles. The van der Waals surface area contributed by atoms with E-state index in [1.54, 1.807) is 25.3 Å². The average Bonchev–Trinajstić information content (AvgIpc) is 2.37. The van der Waals surface area contributed by atoms with Crippen LogP contribution in [0.2, 0.25) is 0 Å². The Labute approximate surface area is 107 Å². The minimum absolute atomic E-state index is 0.0580. The first-order valence-electron chi connectivity index (χ1n) is 6.01. The van der Waals surface area contributed by atoms with E-state index in [9.17, 15) is 4.79 Å². The zero-order chi connectivity index (χ0) is 13.1. The maximum absolute atomic E-state index is 12.5. The Morgan fingerprint density at radius 1 is 1.44 bits per heavy atom. The molecule has 0 spiro atoms. The summed E-state index contributed by atoms with van der Waals surface area (Å²) in [6.45, 7) is 3.43. The lowest BCUT2D eigenvalue weighted by molar-refractivity contribution is 0.0763. The van der Waals surface area contributed by atoms with Crippen LogP contribution in [0.1, 0.15) is 23.7 Å². The molecule has 0 fully saturated rings. The number of nitrogens with two attached hydrogens (primary N) is 1. The van der Waals surface area contributed by atoms with Crippen LogP contribution in [-0.4, -0.2) is 31.0 Å². The summed E-state index contributed by atoms with van der Waals surface area (Å²) in [5, 5.41) is 0. The van der Waals surface area contributed by atoms with Gasteiger partial charge in [-0.3, -0.25) is 4.79 Å². The molecule has 0 aliphatic carbocycles. The number of methoxy groups -OCH3 is 1. The number of carbonyl (C=O) groups excluding carboxylic acids is 1. The summed E-state index contributed by atoms with van der Waals surface area (Å²) in [5.41, 5.74) is 8.04. The van der Waals surface area contributed by atoms with Crippen molar-refractivity contribution >= 4 is 11.6 Å². The average molecular weight is 246 g/mol. The number of ether oxygens (including phenoxy) is 1. The summed E-state index contributed by atoms with van der Waals surface area (Å²) in [5.74, 6) is 0.476. The fraction of sp³-hybridized carbons (Fsp3) is 0.357. The van der Waals surface area contributed by atoms with Crippen LogP contribution in [0.5, 0.6) is 5.75 Å². The molecule has 1 aliphatic rings. The van der Waals surface area contributed by atoms with Crippen molar-refractivity contribution in [1.82, 2.24) is 4.90 Å². The van der Waals surface area contributed by atoms with Crippen LogP contribution in [0.25, 0.3) is 0 Å². The lowest BCUT2D eigenvalue weighted by Gasteiger charge is -2.27. The Morgan fingerprint density at radius 3 is 2.89 bits per heavy atom. The monoisotopic (exact) mass is 246 g/mol. The molecule has 1 aliphatic heterocycles. The van der Waals surface area contributed by atoms with E-state index in [1.807, 2.05) is 11.8 Å². The van der Waals surface area contributed by atoms with Crippen LogP contribution in [-0.2, 0) is 0 Å². The predicted molar refractivity (Wildman–Crippen MR) is 71.7 cm³/mol. The van der Waals surface area contributed by atoms with E-state index >= 15 is 0 Å². The smallest absolute Gasteiger partial charge is 0.260 e. The molecule has 1 aromatic carbocycles. The second kappa shape index (κ2) is 5.12. The quantitative estimate of drug-likeness (QED) is 0.642. The lowest BCUT2D eigenvalue weighted by Crippen LogP contribution is -2.36. The second-order valence-corrected chi connectivity index (χ2v) is 4.49. The maximum atomic E-state index is 12.5. The Morgan fingerprint density at radius 2 is 2.22 bits per heavy atom. The highest BCUT2D eigenvalue weighted by atomic mass is 16.5. The highest BCUT2D eigenvalue weighted by molar-refractivity contribution is 6.02. The van der Waals surface area contributed by atoms with E-state index in [-0.39, 0.29) is 5.91 Å². The molecular formula is C14H18N2O2. The molecule has 1 amide bonds. The van der Waals surface area contributed by atoms with Crippen molar-refractivity contribution in [3.05, 3.63) is 35.4 Å². The van der Waals surface area contributed by atoms with Crippen LogP contribution >= 0.6 is 0 Å². The van der Waals surface area contributed by atoms with Crippen molar-refractivity contribution in [2.75, 3.05) is 25.9 Å². The Bertz CT molecular complexity index is 495. The number of anilines is 1. The first-order chi connectivity index (χ1) is 8.63. The van der Waals surface area contributed by atoms with Crippen molar-refractivity contribution in [2.24, 2.45) is 0 Å². The third kappa shape index (κ3) is 2.32.